The van der Waals surface area contributed by atoms with E-state index in [-0.39, 0.29) is 11.2 Å². The van der Waals surface area contributed by atoms with Crippen LogP contribution in [0, 0.1) is 6.92 Å². The molecule has 3 rings (SSSR count). The molecular formula is C27H38N4O2. The molecular weight excluding hydrogens is 412 g/mol. The summed E-state index contributed by atoms with van der Waals surface area (Å²) in [6.45, 7) is 7.23. The predicted octanol–water partition coefficient (Wildman–Crippen LogP) is 5.36. The summed E-state index contributed by atoms with van der Waals surface area (Å²) in [6.07, 6.45) is 9.99. The monoisotopic (exact) mass is 450 g/mol. The van der Waals surface area contributed by atoms with Crippen LogP contribution in [0.4, 0.5) is 5.69 Å². The van der Waals surface area contributed by atoms with Gasteiger partial charge < -0.3 is 20.3 Å². The van der Waals surface area contributed by atoms with Crippen molar-refractivity contribution in [2.45, 2.75) is 71.9 Å². The van der Waals surface area contributed by atoms with Gasteiger partial charge in [-0.25, -0.2) is 0 Å². The maximum absolute atomic E-state index is 11.9. The molecule has 33 heavy (non-hydrogen) atoms. The molecule has 0 aliphatic rings. The molecule has 6 nitrogen and oxygen atoms in total. The van der Waals surface area contributed by atoms with E-state index in [1.54, 1.807) is 0 Å². The van der Waals surface area contributed by atoms with Gasteiger partial charge in [-0.1, -0.05) is 50.8 Å². The zero-order valence-electron chi connectivity index (χ0n) is 20.1. The number of hydrogen-bond donors (Lipinski definition) is 3. The largest absolute Gasteiger partial charge is 0.503 e. The number of rotatable bonds is 14. The minimum absolute atomic E-state index is 0.116. The summed E-state index contributed by atoms with van der Waals surface area (Å²) in [5.41, 5.74) is 3.51. The summed E-state index contributed by atoms with van der Waals surface area (Å²) >= 11 is 0. The molecule has 0 aliphatic carbocycles. The Bertz CT molecular complexity index is 1070. The van der Waals surface area contributed by atoms with Crippen molar-refractivity contribution in [3.8, 4) is 5.75 Å². The van der Waals surface area contributed by atoms with E-state index in [4.69, 9.17) is 0 Å². The van der Waals surface area contributed by atoms with Gasteiger partial charge in [-0.05, 0) is 44.9 Å². The summed E-state index contributed by atoms with van der Waals surface area (Å²) in [5.74, 6) is -0.116. The fourth-order valence-electron chi connectivity index (χ4n) is 4.29. The number of aryl methyl sites for hydroxylation is 1. The van der Waals surface area contributed by atoms with E-state index in [0.29, 0.717) is 12.2 Å². The molecule has 0 saturated carbocycles. The van der Waals surface area contributed by atoms with Crippen molar-refractivity contribution < 1.29 is 5.11 Å². The zero-order valence-corrected chi connectivity index (χ0v) is 20.1. The van der Waals surface area contributed by atoms with E-state index in [0.717, 1.165) is 55.8 Å². The molecule has 0 aliphatic heterocycles. The number of hydrogen-bond acceptors (Lipinski definition) is 5. The van der Waals surface area contributed by atoms with Crippen molar-refractivity contribution >= 4 is 16.6 Å². The number of nitrogens with zero attached hydrogens (tertiary/aromatic N) is 2. The van der Waals surface area contributed by atoms with Crippen molar-refractivity contribution in [3.05, 3.63) is 64.2 Å². The maximum atomic E-state index is 11.9. The van der Waals surface area contributed by atoms with Gasteiger partial charge in [-0.3, -0.25) is 9.78 Å². The van der Waals surface area contributed by atoms with Crippen LogP contribution in [-0.4, -0.2) is 27.7 Å². The van der Waals surface area contributed by atoms with Gasteiger partial charge in [0, 0.05) is 48.7 Å². The third kappa shape index (κ3) is 7.06. The minimum atomic E-state index is -0.289. The van der Waals surface area contributed by atoms with E-state index in [2.05, 4.69) is 34.7 Å². The topological polar surface area (TPSA) is 79.2 Å². The Balaban J connectivity index is 1.27. The number of benzene rings is 1. The highest BCUT2D eigenvalue weighted by molar-refractivity contribution is 5.90. The van der Waals surface area contributed by atoms with Gasteiger partial charge in [-0.15, -0.1) is 0 Å². The number of aromatic hydroxyl groups is 1. The van der Waals surface area contributed by atoms with Gasteiger partial charge in [0.1, 0.15) is 0 Å². The first-order chi connectivity index (χ1) is 16.1. The maximum Gasteiger partial charge on any atom is 0.223 e. The number of fused-ring (bicyclic) bond motifs is 1. The Kier molecular flexibility index (Phi) is 9.76. The molecule has 0 bridgehead atoms. The summed E-state index contributed by atoms with van der Waals surface area (Å²) in [5, 5.41) is 18.4. The SMILES string of the molecule is CCCn1c(C)cc(=O)c(O)c1CNCCCCCCCCNc1ccnc2ccccc12. The molecule has 0 spiro atoms. The van der Waals surface area contributed by atoms with Crippen molar-refractivity contribution in [1.82, 2.24) is 14.9 Å². The molecule has 3 N–H and O–H groups in total. The quantitative estimate of drug-likeness (QED) is 0.288. The molecule has 3 aromatic rings. The van der Waals surface area contributed by atoms with E-state index < -0.39 is 0 Å². The fraction of sp³-hybridized carbons (Fsp3) is 0.481. The Morgan fingerprint density at radius 3 is 2.52 bits per heavy atom. The Hall–Kier alpha value is -2.86. The van der Waals surface area contributed by atoms with Gasteiger partial charge in [0.05, 0.1) is 11.2 Å². The first kappa shape index (κ1) is 24.8. The first-order valence-electron chi connectivity index (χ1n) is 12.3. The average molecular weight is 451 g/mol. The number of anilines is 1. The molecule has 0 amide bonds. The lowest BCUT2D eigenvalue weighted by Crippen LogP contribution is -2.23. The van der Waals surface area contributed by atoms with E-state index in [1.807, 2.05) is 35.9 Å². The summed E-state index contributed by atoms with van der Waals surface area (Å²) < 4.78 is 2.05. The van der Waals surface area contributed by atoms with Crippen molar-refractivity contribution in [2.75, 3.05) is 18.4 Å². The fourth-order valence-corrected chi connectivity index (χ4v) is 4.29. The lowest BCUT2D eigenvalue weighted by Gasteiger charge is -2.17. The molecule has 178 valence electrons. The molecule has 0 atom stereocenters. The smallest absolute Gasteiger partial charge is 0.223 e. The molecule has 2 heterocycles. The van der Waals surface area contributed by atoms with Gasteiger partial charge in [0.15, 0.2) is 5.75 Å². The number of unbranched alkanes of at least 4 members (excludes halogenated alkanes) is 5. The molecule has 0 saturated heterocycles. The van der Waals surface area contributed by atoms with Crippen molar-refractivity contribution in [2.24, 2.45) is 0 Å². The second kappa shape index (κ2) is 13.0. The second-order valence-electron chi connectivity index (χ2n) is 8.70. The molecule has 0 unspecified atom stereocenters. The lowest BCUT2D eigenvalue weighted by atomic mass is 10.1. The highest BCUT2D eigenvalue weighted by Crippen LogP contribution is 2.21. The number of pyridine rings is 2. The van der Waals surface area contributed by atoms with Gasteiger partial charge in [0.2, 0.25) is 5.43 Å². The minimum Gasteiger partial charge on any atom is -0.503 e. The van der Waals surface area contributed by atoms with Crippen LogP contribution in [0.15, 0.2) is 47.4 Å². The zero-order chi connectivity index (χ0) is 23.5. The van der Waals surface area contributed by atoms with E-state index in [1.165, 1.54) is 37.1 Å². The van der Waals surface area contributed by atoms with Gasteiger partial charge >= 0.3 is 0 Å². The molecule has 2 aromatic heterocycles. The Morgan fingerprint density at radius 1 is 1.00 bits per heavy atom. The van der Waals surface area contributed by atoms with Crippen LogP contribution >= 0.6 is 0 Å². The number of aromatic nitrogens is 2. The second-order valence-corrected chi connectivity index (χ2v) is 8.70. The third-order valence-corrected chi connectivity index (χ3v) is 6.08. The molecule has 6 heteroatoms. The number of para-hydroxylation sites is 1. The highest BCUT2D eigenvalue weighted by atomic mass is 16.3. The Morgan fingerprint density at radius 2 is 1.73 bits per heavy atom. The van der Waals surface area contributed by atoms with Crippen LogP contribution < -0.4 is 16.1 Å². The third-order valence-electron chi connectivity index (χ3n) is 6.08. The average Bonchev–Trinajstić information content (AvgIpc) is 2.82. The van der Waals surface area contributed by atoms with Crippen molar-refractivity contribution in [1.29, 1.82) is 0 Å². The van der Waals surface area contributed by atoms with E-state index >= 15 is 0 Å². The predicted molar refractivity (Wildman–Crippen MR) is 137 cm³/mol. The van der Waals surface area contributed by atoms with Crippen LogP contribution in [0.2, 0.25) is 0 Å². The molecule has 0 fully saturated rings. The van der Waals surface area contributed by atoms with Gasteiger partial charge in [0.25, 0.3) is 0 Å². The lowest BCUT2D eigenvalue weighted by molar-refractivity contribution is 0.437. The normalized spacial score (nSPS) is 11.2. The summed E-state index contributed by atoms with van der Waals surface area (Å²) in [6, 6.07) is 11.8. The van der Waals surface area contributed by atoms with Gasteiger partial charge in [-0.2, -0.15) is 0 Å². The van der Waals surface area contributed by atoms with Crippen LogP contribution in [-0.2, 0) is 13.1 Å². The van der Waals surface area contributed by atoms with E-state index in [9.17, 15) is 9.90 Å². The van der Waals surface area contributed by atoms with Crippen LogP contribution in [0.5, 0.6) is 5.75 Å². The van der Waals surface area contributed by atoms with Crippen LogP contribution in [0.1, 0.15) is 63.3 Å². The molecule has 0 radical (unpaired) electrons. The summed E-state index contributed by atoms with van der Waals surface area (Å²) in [4.78, 5) is 16.3. The standard InChI is InChI=1S/C27H38N4O2/c1-3-18-31-21(2)19-26(32)27(33)25(31)20-28-15-10-6-4-5-7-11-16-29-24-14-17-30-23-13-9-8-12-22(23)24/h8-9,12-14,17,19,28,33H,3-7,10-11,15-16,18,20H2,1-2H3,(H,29,30). The Labute approximate surface area is 197 Å². The van der Waals surface area contributed by atoms with Crippen LogP contribution in [0.25, 0.3) is 10.9 Å². The highest BCUT2D eigenvalue weighted by Gasteiger charge is 2.12. The van der Waals surface area contributed by atoms with Crippen molar-refractivity contribution in [3.63, 3.8) is 0 Å². The molecule has 1 aromatic carbocycles. The number of nitrogens with one attached hydrogen (secondary N) is 2. The van der Waals surface area contributed by atoms with Crippen LogP contribution in [0.3, 0.4) is 0 Å². The first-order valence-corrected chi connectivity index (χ1v) is 12.3. The summed E-state index contributed by atoms with van der Waals surface area (Å²) in [7, 11) is 0.